The van der Waals surface area contributed by atoms with E-state index in [1.54, 1.807) is 0 Å². The van der Waals surface area contributed by atoms with Crippen LogP contribution in [0.15, 0.2) is 97.9 Å². The molecule has 0 saturated carbocycles. The van der Waals surface area contributed by atoms with E-state index in [1.807, 2.05) is 36.9 Å². The molecule has 0 radical (unpaired) electrons. The van der Waals surface area contributed by atoms with Crippen LogP contribution in [0.1, 0.15) is 107 Å². The van der Waals surface area contributed by atoms with Crippen LogP contribution in [0.2, 0.25) is 0 Å². The highest BCUT2D eigenvalue weighted by Gasteiger charge is 2.03. The zero-order valence-corrected chi connectivity index (χ0v) is 24.8. The first-order valence-electron chi connectivity index (χ1n) is 16.0. The van der Waals surface area contributed by atoms with E-state index in [2.05, 4.69) is 75.5 Å². The molecule has 40 heavy (non-hydrogen) atoms. The van der Waals surface area contributed by atoms with Gasteiger partial charge < -0.3 is 0 Å². The van der Waals surface area contributed by atoms with Gasteiger partial charge in [-0.15, -0.1) is 0 Å². The normalized spacial score (nSPS) is 11.6. The smallest absolute Gasteiger partial charge is 0.171 e. The first-order valence-corrected chi connectivity index (χ1v) is 16.0. The van der Waals surface area contributed by atoms with Gasteiger partial charge >= 0.3 is 0 Å². The maximum absolute atomic E-state index is 4.18. The summed E-state index contributed by atoms with van der Waals surface area (Å²) in [6.07, 6.45) is 43.1. The van der Waals surface area contributed by atoms with Crippen molar-refractivity contribution in [2.75, 3.05) is 0 Å². The van der Waals surface area contributed by atoms with E-state index in [-0.39, 0.29) is 0 Å². The van der Waals surface area contributed by atoms with Gasteiger partial charge in [0.05, 0.1) is 0 Å². The molecule has 0 aliphatic rings. The van der Waals surface area contributed by atoms with E-state index in [0.29, 0.717) is 0 Å². The van der Waals surface area contributed by atoms with Crippen LogP contribution in [-0.2, 0) is 25.8 Å². The standard InChI is InChI=1S/C37H52N3/c1(3-7-11-15-22-35-25-19-28-38-32-35)2-6-10-14-18-30-40-31-21-27-37(34-40)24-17-13-9-5-4-8-12-16-23-36-26-20-29-39-33-36/h8,11-12,15,19-21,25-29,31-34H,1-7,9-10,13-14,16-18,22-24,30H2/q+1/b12-8-,15-11-. The second-order valence-electron chi connectivity index (χ2n) is 11.1. The van der Waals surface area contributed by atoms with Crippen molar-refractivity contribution in [1.82, 2.24) is 9.97 Å². The van der Waals surface area contributed by atoms with Gasteiger partial charge in [0.25, 0.3) is 0 Å². The lowest BCUT2D eigenvalue weighted by molar-refractivity contribution is -0.697. The van der Waals surface area contributed by atoms with Gasteiger partial charge in [-0.3, -0.25) is 9.97 Å². The maximum atomic E-state index is 4.18. The summed E-state index contributed by atoms with van der Waals surface area (Å²) in [5.41, 5.74) is 4.11. The molecule has 0 spiro atoms. The molecule has 3 rings (SSSR count). The highest BCUT2D eigenvalue weighted by atomic mass is 14.9. The molecule has 0 aliphatic heterocycles. The van der Waals surface area contributed by atoms with Crippen molar-refractivity contribution in [3.63, 3.8) is 0 Å². The van der Waals surface area contributed by atoms with Gasteiger partial charge in [-0.25, -0.2) is 4.57 Å². The summed E-state index contributed by atoms with van der Waals surface area (Å²) >= 11 is 0. The minimum Gasteiger partial charge on any atom is -0.264 e. The predicted octanol–water partition coefficient (Wildman–Crippen LogP) is 9.37. The molecule has 3 aromatic rings. The molecule has 3 nitrogen and oxygen atoms in total. The summed E-state index contributed by atoms with van der Waals surface area (Å²) in [4.78, 5) is 8.35. The average molecular weight is 539 g/mol. The molecule has 214 valence electrons. The van der Waals surface area contributed by atoms with Crippen molar-refractivity contribution in [2.45, 2.75) is 116 Å². The number of allylic oxidation sites excluding steroid dienone is 4. The van der Waals surface area contributed by atoms with Crippen LogP contribution in [0.5, 0.6) is 0 Å². The number of rotatable bonds is 22. The molecule has 0 bridgehead atoms. The van der Waals surface area contributed by atoms with Crippen molar-refractivity contribution in [2.24, 2.45) is 0 Å². The summed E-state index contributed by atoms with van der Waals surface area (Å²) in [6, 6.07) is 12.9. The van der Waals surface area contributed by atoms with E-state index >= 15 is 0 Å². The fraction of sp³-hybridized carbons (Fsp3) is 0.486. The fourth-order valence-electron chi connectivity index (χ4n) is 5.14. The maximum Gasteiger partial charge on any atom is 0.171 e. The van der Waals surface area contributed by atoms with Crippen LogP contribution in [-0.4, -0.2) is 9.97 Å². The van der Waals surface area contributed by atoms with Gasteiger partial charge in [0.1, 0.15) is 6.54 Å². The Hall–Kier alpha value is -3.07. The van der Waals surface area contributed by atoms with Crippen LogP contribution < -0.4 is 4.57 Å². The zero-order chi connectivity index (χ0) is 27.8. The molecule has 0 fully saturated rings. The molecule has 3 heterocycles. The molecule has 3 aromatic heterocycles. The summed E-state index contributed by atoms with van der Waals surface area (Å²) in [6.45, 7) is 1.16. The Kier molecular flexibility index (Phi) is 17.1. The van der Waals surface area contributed by atoms with E-state index in [9.17, 15) is 0 Å². The molecule has 0 aliphatic carbocycles. The van der Waals surface area contributed by atoms with Crippen molar-refractivity contribution >= 4 is 0 Å². The van der Waals surface area contributed by atoms with Crippen molar-refractivity contribution in [1.29, 1.82) is 0 Å². The number of aryl methyl sites for hydroxylation is 3. The number of pyridine rings is 3. The van der Waals surface area contributed by atoms with Crippen LogP contribution in [0.4, 0.5) is 0 Å². The first-order chi connectivity index (χ1) is 19.9. The third-order valence-electron chi connectivity index (χ3n) is 7.52. The van der Waals surface area contributed by atoms with Gasteiger partial charge in [-0.05, 0) is 93.5 Å². The van der Waals surface area contributed by atoms with Gasteiger partial charge in [0, 0.05) is 42.8 Å². The third-order valence-corrected chi connectivity index (χ3v) is 7.52. The number of hydrogen-bond donors (Lipinski definition) is 0. The van der Waals surface area contributed by atoms with Crippen molar-refractivity contribution in [3.8, 4) is 0 Å². The molecule has 0 unspecified atom stereocenters. The minimum absolute atomic E-state index is 1.00. The zero-order valence-electron chi connectivity index (χ0n) is 24.8. The Bertz CT molecular complexity index is 1060. The summed E-state index contributed by atoms with van der Waals surface area (Å²) < 4.78 is 2.41. The fourth-order valence-corrected chi connectivity index (χ4v) is 5.14. The Morgan fingerprint density at radius 3 is 1.85 bits per heavy atom. The SMILES string of the molecule is C(=C/Cc1cccnc1)/CCCCCCCCC[n+]1cccc(CCCCCC/C=C\CCc2cccnc2)c1. The number of nitrogens with zero attached hydrogens (tertiary/aromatic N) is 3. The van der Waals surface area contributed by atoms with Crippen LogP contribution in [0.3, 0.4) is 0 Å². The molecule has 0 atom stereocenters. The molecule has 0 amide bonds. The monoisotopic (exact) mass is 538 g/mol. The van der Waals surface area contributed by atoms with E-state index in [0.717, 1.165) is 25.8 Å². The number of aromatic nitrogens is 3. The van der Waals surface area contributed by atoms with Crippen LogP contribution >= 0.6 is 0 Å². The summed E-state index contributed by atoms with van der Waals surface area (Å²) in [5.74, 6) is 0. The predicted molar refractivity (Wildman–Crippen MR) is 169 cm³/mol. The van der Waals surface area contributed by atoms with Gasteiger partial charge in [0.15, 0.2) is 12.4 Å². The highest BCUT2D eigenvalue weighted by molar-refractivity contribution is 5.12. The second kappa shape index (κ2) is 21.7. The number of unbranched alkanes of at least 4 members (excludes halogenated alkanes) is 11. The minimum atomic E-state index is 1.00. The Labute approximate surface area is 244 Å². The van der Waals surface area contributed by atoms with E-state index in [1.165, 1.54) is 107 Å². The molecular weight excluding hydrogens is 486 g/mol. The number of hydrogen-bond acceptors (Lipinski definition) is 2. The third kappa shape index (κ3) is 15.5. The van der Waals surface area contributed by atoms with Gasteiger partial charge in [-0.2, -0.15) is 0 Å². The summed E-state index contributed by atoms with van der Waals surface area (Å²) in [7, 11) is 0. The lowest BCUT2D eigenvalue weighted by atomic mass is 10.1. The average Bonchev–Trinajstić information content (AvgIpc) is 3.00. The lowest BCUT2D eigenvalue weighted by Gasteiger charge is -2.03. The molecule has 0 saturated heterocycles. The topological polar surface area (TPSA) is 29.7 Å². The van der Waals surface area contributed by atoms with Gasteiger partial charge in [0.2, 0.25) is 0 Å². The van der Waals surface area contributed by atoms with Crippen molar-refractivity contribution < 1.29 is 4.57 Å². The van der Waals surface area contributed by atoms with Crippen LogP contribution in [0.25, 0.3) is 0 Å². The molecule has 0 N–H and O–H groups in total. The Morgan fingerprint density at radius 2 is 1.12 bits per heavy atom. The highest BCUT2D eigenvalue weighted by Crippen LogP contribution is 2.11. The second-order valence-corrected chi connectivity index (χ2v) is 11.1. The Balaban J connectivity index is 1.10. The van der Waals surface area contributed by atoms with Crippen molar-refractivity contribution in [3.05, 3.63) is 115 Å². The van der Waals surface area contributed by atoms with E-state index in [4.69, 9.17) is 0 Å². The largest absolute Gasteiger partial charge is 0.264 e. The lowest BCUT2D eigenvalue weighted by Crippen LogP contribution is -2.33. The Morgan fingerprint density at radius 1 is 0.525 bits per heavy atom. The quantitative estimate of drug-likeness (QED) is 0.0724. The van der Waals surface area contributed by atoms with E-state index < -0.39 is 0 Å². The molecular formula is C37H52N3+. The van der Waals surface area contributed by atoms with Gasteiger partial charge in [-0.1, -0.05) is 75.0 Å². The molecule has 3 heteroatoms. The molecule has 0 aromatic carbocycles. The van der Waals surface area contributed by atoms with Crippen LogP contribution in [0, 0.1) is 0 Å². The first kappa shape index (κ1) is 31.5. The summed E-state index contributed by atoms with van der Waals surface area (Å²) in [5, 5.41) is 0.